The molecule has 0 radical (unpaired) electrons. The highest BCUT2D eigenvalue weighted by molar-refractivity contribution is 6.33. The molecule has 0 saturated heterocycles. The number of nitrogens with zero attached hydrogens (tertiary/aromatic N) is 3. The smallest absolute Gasteiger partial charge is 0.326 e. The van der Waals surface area contributed by atoms with E-state index in [-0.39, 0.29) is 6.42 Å². The third-order valence-corrected chi connectivity index (χ3v) is 5.54. The number of pyridine rings is 1. The largest absolute Gasteiger partial charge is 0.480 e. The van der Waals surface area contributed by atoms with Crippen molar-refractivity contribution in [2.75, 3.05) is 0 Å². The monoisotopic (exact) mass is 480 g/mol. The number of carbonyl (C=O) groups excluding carboxylic acids is 1. The van der Waals surface area contributed by atoms with Crippen molar-refractivity contribution in [3.63, 3.8) is 0 Å². The van der Waals surface area contributed by atoms with Gasteiger partial charge in [-0.25, -0.2) is 18.6 Å². The molecule has 0 aliphatic carbocycles. The number of aliphatic carboxylic acids is 1. The van der Waals surface area contributed by atoms with Gasteiger partial charge in [0.1, 0.15) is 28.9 Å². The van der Waals surface area contributed by atoms with E-state index in [2.05, 4.69) is 10.3 Å². The van der Waals surface area contributed by atoms with Gasteiger partial charge in [-0.2, -0.15) is 5.26 Å². The van der Waals surface area contributed by atoms with E-state index < -0.39 is 35.1 Å². The number of fused-ring (bicyclic) bond motifs is 1. The van der Waals surface area contributed by atoms with Crippen molar-refractivity contribution in [2.45, 2.75) is 12.5 Å². The van der Waals surface area contributed by atoms with Crippen LogP contribution in [0.4, 0.5) is 8.78 Å². The summed E-state index contributed by atoms with van der Waals surface area (Å²) in [5.41, 5.74) is 1.76. The van der Waals surface area contributed by atoms with Gasteiger partial charge in [-0.1, -0.05) is 23.7 Å². The Kier molecular flexibility index (Phi) is 6.25. The predicted octanol–water partition coefficient (Wildman–Crippen LogP) is 4.23. The molecule has 1 amide bonds. The van der Waals surface area contributed by atoms with E-state index >= 15 is 0 Å². The van der Waals surface area contributed by atoms with Crippen LogP contribution in [0.15, 0.2) is 60.9 Å². The van der Waals surface area contributed by atoms with Crippen molar-refractivity contribution in [3.8, 4) is 17.2 Å². The van der Waals surface area contributed by atoms with Gasteiger partial charge in [0.05, 0.1) is 11.6 Å². The summed E-state index contributed by atoms with van der Waals surface area (Å²) in [7, 11) is 0. The Morgan fingerprint density at radius 1 is 1.15 bits per heavy atom. The van der Waals surface area contributed by atoms with Gasteiger partial charge < -0.3 is 14.8 Å². The van der Waals surface area contributed by atoms with E-state index in [1.807, 2.05) is 6.07 Å². The van der Waals surface area contributed by atoms with E-state index in [4.69, 9.17) is 16.9 Å². The average Bonchev–Trinajstić information content (AvgIpc) is 3.29. The molecule has 2 aromatic heterocycles. The fraction of sp³-hybridized carbons (Fsp3) is 0.0833. The number of carboxylic acids is 1. The van der Waals surface area contributed by atoms with Crippen molar-refractivity contribution >= 4 is 29.1 Å². The van der Waals surface area contributed by atoms with Crippen molar-refractivity contribution in [1.29, 1.82) is 5.26 Å². The van der Waals surface area contributed by atoms with E-state index in [0.717, 1.165) is 18.2 Å². The summed E-state index contributed by atoms with van der Waals surface area (Å²) < 4.78 is 29.5. The second-order valence-electron chi connectivity index (χ2n) is 7.33. The number of nitriles is 1. The molecule has 0 bridgehead atoms. The topological polar surface area (TPSA) is 107 Å². The Hall–Kier alpha value is -4.29. The highest BCUT2D eigenvalue weighted by Gasteiger charge is 2.26. The summed E-state index contributed by atoms with van der Waals surface area (Å²) in [4.78, 5) is 28.6. The first-order valence-corrected chi connectivity index (χ1v) is 10.3. The van der Waals surface area contributed by atoms with Crippen LogP contribution in [0.5, 0.6) is 0 Å². The van der Waals surface area contributed by atoms with E-state index in [1.165, 1.54) is 12.3 Å². The zero-order valence-electron chi connectivity index (χ0n) is 17.3. The van der Waals surface area contributed by atoms with Crippen LogP contribution in [0.2, 0.25) is 5.02 Å². The number of hydrogen-bond donors (Lipinski definition) is 2. The highest BCUT2D eigenvalue weighted by atomic mass is 35.5. The summed E-state index contributed by atoms with van der Waals surface area (Å²) in [5, 5.41) is 21.2. The van der Waals surface area contributed by atoms with Crippen LogP contribution in [0.25, 0.3) is 16.8 Å². The van der Waals surface area contributed by atoms with Crippen molar-refractivity contribution in [2.24, 2.45) is 0 Å². The Morgan fingerprint density at radius 3 is 2.50 bits per heavy atom. The zero-order chi connectivity index (χ0) is 24.4. The molecular formula is C24H15ClF2N4O3. The average molecular weight is 481 g/mol. The Balaban J connectivity index is 1.67. The van der Waals surface area contributed by atoms with Crippen LogP contribution in [-0.4, -0.2) is 32.4 Å². The SMILES string of the molecule is N#Cc1ccc(-c2ccc(C[C@H](NC(=O)c3c(F)cccc3F)C(=O)O)n3ccnc23)c(Cl)c1. The van der Waals surface area contributed by atoms with Gasteiger partial charge in [0.2, 0.25) is 0 Å². The fourth-order valence-corrected chi connectivity index (χ4v) is 3.89. The lowest BCUT2D eigenvalue weighted by molar-refractivity contribution is -0.139. The summed E-state index contributed by atoms with van der Waals surface area (Å²) >= 11 is 6.34. The first kappa shape index (κ1) is 22.9. The Labute approximate surface area is 196 Å². The molecule has 0 spiro atoms. The fourth-order valence-electron chi connectivity index (χ4n) is 3.60. The maximum absolute atomic E-state index is 13.9. The molecule has 0 saturated carbocycles. The van der Waals surface area contributed by atoms with Gasteiger partial charge in [0.15, 0.2) is 0 Å². The molecule has 4 rings (SSSR count). The normalized spacial score (nSPS) is 11.7. The molecule has 10 heteroatoms. The molecule has 170 valence electrons. The molecule has 2 aromatic carbocycles. The molecule has 1 atom stereocenters. The molecule has 34 heavy (non-hydrogen) atoms. The first-order chi connectivity index (χ1) is 16.3. The van der Waals surface area contributed by atoms with Crippen LogP contribution < -0.4 is 5.32 Å². The lowest BCUT2D eigenvalue weighted by atomic mass is 10.0. The molecule has 0 fully saturated rings. The van der Waals surface area contributed by atoms with Crippen molar-refractivity contribution < 1.29 is 23.5 Å². The molecular weight excluding hydrogens is 466 g/mol. The molecule has 7 nitrogen and oxygen atoms in total. The molecule has 0 aliphatic rings. The standard InChI is InChI=1S/C24H15ClF2N4O3/c25-17-10-13(12-28)4-6-15(17)16-7-5-14(31-9-8-29-22(16)31)11-20(24(33)34)30-23(32)21-18(26)2-1-3-19(21)27/h1-10,20H,11H2,(H,30,32)(H,33,34)/t20-/m0/s1. The molecule has 2 heterocycles. The zero-order valence-corrected chi connectivity index (χ0v) is 18.1. The Morgan fingerprint density at radius 2 is 1.85 bits per heavy atom. The minimum absolute atomic E-state index is 0.189. The number of carbonyl (C=O) groups is 2. The number of rotatable bonds is 6. The molecule has 2 N–H and O–H groups in total. The van der Waals surface area contributed by atoms with Crippen molar-refractivity contribution in [1.82, 2.24) is 14.7 Å². The van der Waals surface area contributed by atoms with Crippen LogP contribution in [-0.2, 0) is 11.2 Å². The number of nitrogens with one attached hydrogen (secondary N) is 1. The van der Waals surface area contributed by atoms with E-state index in [0.29, 0.717) is 33.1 Å². The molecule has 4 aromatic rings. The summed E-state index contributed by atoms with van der Waals surface area (Å²) in [6.07, 6.45) is 2.94. The summed E-state index contributed by atoms with van der Waals surface area (Å²) in [6.45, 7) is 0. The van der Waals surface area contributed by atoms with Crippen LogP contribution in [0.3, 0.4) is 0 Å². The van der Waals surface area contributed by atoms with Crippen molar-refractivity contribution in [3.05, 3.63) is 94.4 Å². The summed E-state index contributed by atoms with van der Waals surface area (Å²) in [6, 6.07) is 11.6. The van der Waals surface area contributed by atoms with E-state index in [9.17, 15) is 23.5 Å². The number of halogens is 3. The first-order valence-electron chi connectivity index (χ1n) is 9.92. The third kappa shape index (κ3) is 4.31. The molecule has 0 unspecified atom stereocenters. The van der Waals surface area contributed by atoms with Gasteiger partial charge in [-0.05, 0) is 36.4 Å². The van der Waals surface area contributed by atoms with Gasteiger partial charge >= 0.3 is 5.97 Å². The van der Waals surface area contributed by atoms with Gasteiger partial charge in [-0.15, -0.1) is 0 Å². The van der Waals surface area contributed by atoms with E-state index in [1.54, 1.807) is 34.9 Å². The van der Waals surface area contributed by atoms with Gasteiger partial charge in [0, 0.05) is 40.7 Å². The quantitative estimate of drug-likeness (QED) is 0.429. The number of carboxylic acid groups (broad SMARTS) is 1. The maximum atomic E-state index is 13.9. The minimum atomic E-state index is -1.47. The van der Waals surface area contributed by atoms with Gasteiger partial charge in [-0.3, -0.25) is 4.79 Å². The lowest BCUT2D eigenvalue weighted by Crippen LogP contribution is -2.43. The second-order valence-corrected chi connectivity index (χ2v) is 7.74. The number of aromatic nitrogens is 2. The van der Waals surface area contributed by atoms with Crippen LogP contribution >= 0.6 is 11.6 Å². The van der Waals surface area contributed by atoms with Crippen LogP contribution in [0, 0.1) is 23.0 Å². The van der Waals surface area contributed by atoms with Gasteiger partial charge in [0.25, 0.3) is 5.91 Å². The van der Waals surface area contributed by atoms with Crippen LogP contribution in [0.1, 0.15) is 21.6 Å². The maximum Gasteiger partial charge on any atom is 0.326 e. The second kappa shape index (κ2) is 9.29. The highest BCUT2D eigenvalue weighted by Crippen LogP contribution is 2.32. The Bertz CT molecular complexity index is 1460. The minimum Gasteiger partial charge on any atom is -0.480 e. The third-order valence-electron chi connectivity index (χ3n) is 5.23. The number of imidazole rings is 1. The number of benzene rings is 2. The molecule has 0 aliphatic heterocycles. The summed E-state index contributed by atoms with van der Waals surface area (Å²) in [5.74, 6) is -4.74. The number of hydrogen-bond acceptors (Lipinski definition) is 4. The number of amides is 1. The predicted molar refractivity (Wildman–Crippen MR) is 119 cm³/mol. The lowest BCUT2D eigenvalue weighted by Gasteiger charge is -2.17.